The minimum atomic E-state index is -2.13. The zero-order chi connectivity index (χ0) is 28.5. The van der Waals surface area contributed by atoms with Crippen molar-refractivity contribution in [2.45, 2.75) is 97.1 Å². The molecule has 3 aromatic rings. The summed E-state index contributed by atoms with van der Waals surface area (Å²) in [5.41, 5.74) is 3.26. The summed E-state index contributed by atoms with van der Waals surface area (Å²) < 4.78 is 8.96. The predicted molar refractivity (Wildman–Crippen MR) is 162 cm³/mol. The van der Waals surface area contributed by atoms with E-state index in [1.54, 1.807) is 6.07 Å². The SMILES string of the molecule is CC(C)(Cc1cccc(C=O)c1)NC[C@H](O[Si](C)(C)C(C)(C)C)c1cccc2c1ccc(=O)n2C(C)(C)C. The summed E-state index contributed by atoms with van der Waals surface area (Å²) in [5, 5.41) is 4.87. The molecular weight excluding hydrogens is 488 g/mol. The lowest BCUT2D eigenvalue weighted by molar-refractivity contribution is 0.112. The van der Waals surface area contributed by atoms with E-state index in [-0.39, 0.29) is 27.8 Å². The van der Waals surface area contributed by atoms with E-state index in [9.17, 15) is 9.59 Å². The van der Waals surface area contributed by atoms with E-state index in [2.05, 4.69) is 85.9 Å². The molecule has 1 atom stereocenters. The van der Waals surface area contributed by atoms with Gasteiger partial charge in [-0.05, 0) is 88.5 Å². The van der Waals surface area contributed by atoms with E-state index in [1.807, 2.05) is 41.0 Å². The fourth-order valence-electron chi connectivity index (χ4n) is 4.73. The molecule has 0 saturated carbocycles. The second-order valence-corrected chi connectivity index (χ2v) is 18.4. The first-order valence-electron chi connectivity index (χ1n) is 13.6. The fraction of sp³-hybridized carbons (Fsp3) is 0.500. The van der Waals surface area contributed by atoms with E-state index < -0.39 is 8.32 Å². The monoisotopic (exact) mass is 534 g/mol. The maximum absolute atomic E-state index is 12.9. The predicted octanol–water partition coefficient (Wildman–Crippen LogP) is 7.24. The van der Waals surface area contributed by atoms with Gasteiger partial charge in [-0.15, -0.1) is 0 Å². The van der Waals surface area contributed by atoms with Crippen LogP contribution in [-0.4, -0.2) is 31.3 Å². The molecule has 0 aliphatic carbocycles. The summed E-state index contributed by atoms with van der Waals surface area (Å²) in [6.45, 7) is 22.5. The van der Waals surface area contributed by atoms with Crippen molar-refractivity contribution < 1.29 is 9.22 Å². The van der Waals surface area contributed by atoms with Crippen molar-refractivity contribution in [3.05, 3.63) is 81.6 Å². The van der Waals surface area contributed by atoms with Crippen LogP contribution in [0.25, 0.3) is 10.9 Å². The summed E-state index contributed by atoms with van der Waals surface area (Å²) in [5.74, 6) is 0. The topological polar surface area (TPSA) is 60.3 Å². The molecule has 38 heavy (non-hydrogen) atoms. The molecule has 1 heterocycles. The van der Waals surface area contributed by atoms with Gasteiger partial charge in [0.05, 0.1) is 11.6 Å². The number of hydrogen-bond acceptors (Lipinski definition) is 4. The van der Waals surface area contributed by atoms with Crippen LogP contribution in [0.2, 0.25) is 18.1 Å². The van der Waals surface area contributed by atoms with Gasteiger partial charge >= 0.3 is 0 Å². The standard InChI is InChI=1S/C32H46N2O3Si/c1-30(2,3)34-27-16-12-15-26(25(27)17-18-29(34)36)28(37-38(9,10)31(4,5)6)21-33-32(7,8)20-23-13-11-14-24(19-23)22-35/h11-19,22,28,33H,20-21H2,1-10H3/t28-/m0/s1. The number of aldehydes is 1. The first-order chi connectivity index (χ1) is 17.4. The molecule has 206 valence electrons. The number of benzene rings is 2. The Hall–Kier alpha value is -2.54. The van der Waals surface area contributed by atoms with Gasteiger partial charge in [0.15, 0.2) is 8.32 Å². The van der Waals surface area contributed by atoms with Crippen LogP contribution in [0.5, 0.6) is 0 Å². The molecule has 3 rings (SSSR count). The lowest BCUT2D eigenvalue weighted by Gasteiger charge is -2.40. The molecule has 0 fully saturated rings. The van der Waals surface area contributed by atoms with Crippen molar-refractivity contribution >= 4 is 25.5 Å². The molecule has 0 bridgehead atoms. The Kier molecular flexibility index (Phi) is 8.61. The summed E-state index contributed by atoms with van der Waals surface area (Å²) >= 11 is 0. The molecule has 0 aliphatic heterocycles. The zero-order valence-corrected chi connectivity index (χ0v) is 25.9. The first-order valence-corrected chi connectivity index (χ1v) is 16.5. The number of rotatable bonds is 9. The van der Waals surface area contributed by atoms with Crippen LogP contribution in [0, 0.1) is 0 Å². The smallest absolute Gasteiger partial charge is 0.251 e. The van der Waals surface area contributed by atoms with E-state index in [4.69, 9.17) is 4.43 Å². The third-order valence-corrected chi connectivity index (χ3v) is 12.2. The first kappa shape index (κ1) is 30.0. The van der Waals surface area contributed by atoms with Crippen LogP contribution in [0.4, 0.5) is 0 Å². The Bertz CT molecular complexity index is 1340. The van der Waals surface area contributed by atoms with Crippen molar-refractivity contribution in [2.24, 2.45) is 0 Å². The average molecular weight is 535 g/mol. The van der Waals surface area contributed by atoms with Crippen LogP contribution in [-0.2, 0) is 16.4 Å². The summed E-state index contributed by atoms with van der Waals surface area (Å²) in [6, 6.07) is 17.6. The van der Waals surface area contributed by atoms with Gasteiger partial charge in [-0.25, -0.2) is 0 Å². The van der Waals surface area contributed by atoms with Gasteiger partial charge in [0.25, 0.3) is 5.56 Å². The third-order valence-electron chi connectivity index (χ3n) is 7.73. The highest BCUT2D eigenvalue weighted by Crippen LogP contribution is 2.41. The molecule has 1 N–H and O–H groups in total. The Morgan fingerprint density at radius 2 is 1.61 bits per heavy atom. The highest BCUT2D eigenvalue weighted by Gasteiger charge is 2.40. The van der Waals surface area contributed by atoms with Gasteiger partial charge in [-0.2, -0.15) is 0 Å². The molecule has 0 radical (unpaired) electrons. The number of fused-ring (bicyclic) bond motifs is 1. The number of nitrogens with one attached hydrogen (secondary N) is 1. The minimum absolute atomic E-state index is 0.000766. The lowest BCUT2D eigenvalue weighted by atomic mass is 9.93. The number of carbonyl (C=O) groups is 1. The van der Waals surface area contributed by atoms with E-state index in [0.717, 1.165) is 34.7 Å². The molecule has 0 saturated heterocycles. The van der Waals surface area contributed by atoms with Crippen LogP contribution in [0.15, 0.2) is 59.4 Å². The number of aromatic nitrogens is 1. The summed E-state index contributed by atoms with van der Waals surface area (Å²) in [4.78, 5) is 24.2. The largest absolute Gasteiger partial charge is 0.409 e. The van der Waals surface area contributed by atoms with Gasteiger partial charge in [0, 0.05) is 34.6 Å². The van der Waals surface area contributed by atoms with Crippen molar-refractivity contribution in [1.29, 1.82) is 0 Å². The molecule has 0 unspecified atom stereocenters. The Morgan fingerprint density at radius 3 is 2.21 bits per heavy atom. The van der Waals surface area contributed by atoms with Gasteiger partial charge in [0.2, 0.25) is 0 Å². The Morgan fingerprint density at radius 1 is 0.947 bits per heavy atom. The highest BCUT2D eigenvalue weighted by molar-refractivity contribution is 6.74. The van der Waals surface area contributed by atoms with Crippen LogP contribution < -0.4 is 10.9 Å². The van der Waals surface area contributed by atoms with Crippen molar-refractivity contribution in [3.8, 4) is 0 Å². The number of pyridine rings is 1. The second kappa shape index (κ2) is 10.9. The zero-order valence-electron chi connectivity index (χ0n) is 24.9. The summed E-state index contributed by atoms with van der Waals surface area (Å²) in [7, 11) is -2.13. The maximum Gasteiger partial charge on any atom is 0.251 e. The van der Waals surface area contributed by atoms with Gasteiger partial charge < -0.3 is 14.3 Å². The number of carbonyl (C=O) groups excluding carboxylic acids is 1. The van der Waals surface area contributed by atoms with Crippen LogP contribution in [0.3, 0.4) is 0 Å². The van der Waals surface area contributed by atoms with E-state index >= 15 is 0 Å². The van der Waals surface area contributed by atoms with Crippen molar-refractivity contribution in [1.82, 2.24) is 9.88 Å². The minimum Gasteiger partial charge on any atom is -0.409 e. The normalized spacial score (nSPS) is 14.1. The maximum atomic E-state index is 12.9. The Balaban J connectivity index is 2.04. The van der Waals surface area contributed by atoms with E-state index in [0.29, 0.717) is 12.1 Å². The molecule has 2 aromatic carbocycles. The van der Waals surface area contributed by atoms with Gasteiger partial charge in [-0.1, -0.05) is 51.1 Å². The van der Waals surface area contributed by atoms with Crippen molar-refractivity contribution in [3.63, 3.8) is 0 Å². The quantitative estimate of drug-likeness (QED) is 0.232. The fourth-order valence-corrected chi connectivity index (χ4v) is 6.01. The molecule has 0 spiro atoms. The van der Waals surface area contributed by atoms with Crippen molar-refractivity contribution in [2.75, 3.05) is 6.54 Å². The molecule has 0 amide bonds. The lowest BCUT2D eigenvalue weighted by Crippen LogP contribution is -2.47. The third kappa shape index (κ3) is 6.90. The highest BCUT2D eigenvalue weighted by atomic mass is 28.4. The number of nitrogens with zero attached hydrogens (tertiary/aromatic N) is 1. The molecule has 1 aromatic heterocycles. The van der Waals surface area contributed by atoms with Crippen LogP contribution in [0.1, 0.15) is 83.0 Å². The van der Waals surface area contributed by atoms with Crippen LogP contribution >= 0.6 is 0 Å². The van der Waals surface area contributed by atoms with Gasteiger partial charge in [-0.3, -0.25) is 9.59 Å². The number of hydrogen-bond donors (Lipinski definition) is 1. The average Bonchev–Trinajstić information content (AvgIpc) is 2.79. The van der Waals surface area contributed by atoms with Gasteiger partial charge in [0.1, 0.15) is 6.29 Å². The summed E-state index contributed by atoms with van der Waals surface area (Å²) in [6.07, 6.45) is 1.48. The molecule has 5 nitrogen and oxygen atoms in total. The molecule has 6 heteroatoms. The Labute approximate surface area is 229 Å². The second-order valence-electron chi connectivity index (χ2n) is 13.6. The van der Waals surface area contributed by atoms with E-state index in [1.165, 1.54) is 0 Å². The molecule has 0 aliphatic rings. The molecular formula is C32H46N2O3Si.